The molecular formula is C9H20O9P2S2. The number of rotatable bonds is 10. The summed E-state index contributed by atoms with van der Waals surface area (Å²) < 4.78 is 36.0. The van der Waals surface area contributed by atoms with Crippen molar-refractivity contribution >= 4 is 38.1 Å². The zero-order valence-electron chi connectivity index (χ0n) is 12.1. The molecule has 0 bridgehead atoms. The van der Waals surface area contributed by atoms with Crippen LogP contribution in [0.4, 0.5) is 0 Å². The number of hydrogen-bond acceptors (Lipinski definition) is 8. The van der Waals surface area contributed by atoms with Crippen molar-refractivity contribution in [2.75, 3.05) is 39.8 Å². The van der Waals surface area contributed by atoms with Gasteiger partial charge in [0.15, 0.2) is 0 Å². The average Bonchev–Trinajstić information content (AvgIpc) is 2.78. The van der Waals surface area contributed by atoms with Gasteiger partial charge in [-0.15, -0.1) is 0 Å². The predicted molar refractivity (Wildman–Crippen MR) is 84.2 cm³/mol. The second kappa shape index (κ2) is 9.41. The Bertz CT molecular complexity index is 431. The number of phosphoric ester groups is 1. The number of thioether (sulfide) groups is 1. The molecule has 0 aromatic heterocycles. The van der Waals surface area contributed by atoms with Gasteiger partial charge in [-0.05, 0) is 11.8 Å². The highest BCUT2D eigenvalue weighted by Crippen LogP contribution is 2.49. The van der Waals surface area contributed by atoms with Crippen LogP contribution in [-0.4, -0.2) is 71.9 Å². The topological polar surface area (TPSA) is 124 Å². The van der Waals surface area contributed by atoms with Crippen LogP contribution in [0.1, 0.15) is 0 Å². The van der Waals surface area contributed by atoms with Crippen LogP contribution in [0.2, 0.25) is 0 Å². The third-order valence-electron chi connectivity index (χ3n) is 2.72. The molecule has 0 saturated carbocycles. The molecule has 1 rings (SSSR count). The summed E-state index contributed by atoms with van der Waals surface area (Å²) in [4.78, 5) is 27.4. The van der Waals surface area contributed by atoms with E-state index in [1.54, 1.807) is 0 Å². The molecule has 0 spiro atoms. The second-order valence-electron chi connectivity index (χ2n) is 4.28. The Labute approximate surface area is 138 Å². The van der Waals surface area contributed by atoms with E-state index in [4.69, 9.17) is 40.1 Å². The molecule has 9 nitrogen and oxygen atoms in total. The van der Waals surface area contributed by atoms with Crippen LogP contribution < -0.4 is 0 Å². The molecule has 22 heavy (non-hydrogen) atoms. The van der Waals surface area contributed by atoms with Crippen molar-refractivity contribution in [2.45, 2.75) is 17.5 Å². The molecule has 0 radical (unpaired) electrons. The maximum Gasteiger partial charge on any atom is 0.469 e. The van der Waals surface area contributed by atoms with Gasteiger partial charge >= 0.3 is 14.5 Å². The van der Waals surface area contributed by atoms with Crippen LogP contribution in [-0.2, 0) is 39.4 Å². The lowest BCUT2D eigenvalue weighted by atomic mass is 10.2. The van der Waals surface area contributed by atoms with Crippen molar-refractivity contribution in [2.24, 2.45) is 0 Å². The van der Waals surface area contributed by atoms with Gasteiger partial charge in [0.2, 0.25) is 0 Å². The summed E-state index contributed by atoms with van der Waals surface area (Å²) >= 11 is 6.17. The van der Waals surface area contributed by atoms with Gasteiger partial charge in [0, 0.05) is 20.0 Å². The fourth-order valence-corrected chi connectivity index (χ4v) is 4.54. The molecule has 13 heteroatoms. The third kappa shape index (κ3) is 7.65. The monoisotopic (exact) mass is 398 g/mol. The SMILES string of the molecule is COCCO[C@H]1CS[C@H](COP(=O)(O)O)[C@H]1OP(O)(=S)OC. The molecule has 1 fully saturated rings. The highest BCUT2D eigenvalue weighted by Gasteiger charge is 2.42. The van der Waals surface area contributed by atoms with Crippen molar-refractivity contribution in [3.05, 3.63) is 0 Å². The first kappa shape index (κ1) is 21.0. The minimum absolute atomic E-state index is 0.261. The minimum atomic E-state index is -4.59. The number of methoxy groups -OCH3 is 1. The number of phosphoric acid groups is 1. The lowest BCUT2D eigenvalue weighted by molar-refractivity contribution is -0.0322. The normalized spacial score (nSPS) is 28.7. The average molecular weight is 398 g/mol. The Morgan fingerprint density at radius 1 is 1.27 bits per heavy atom. The Morgan fingerprint density at radius 3 is 2.50 bits per heavy atom. The van der Waals surface area contributed by atoms with E-state index < -0.39 is 32.0 Å². The first-order valence-electron chi connectivity index (χ1n) is 6.17. The van der Waals surface area contributed by atoms with E-state index in [1.807, 2.05) is 0 Å². The van der Waals surface area contributed by atoms with Gasteiger partial charge in [-0.2, -0.15) is 11.8 Å². The largest absolute Gasteiger partial charge is 0.469 e. The van der Waals surface area contributed by atoms with E-state index in [1.165, 1.54) is 26.0 Å². The Balaban J connectivity index is 2.69. The van der Waals surface area contributed by atoms with E-state index in [0.29, 0.717) is 19.0 Å². The van der Waals surface area contributed by atoms with Crippen LogP contribution in [0.3, 0.4) is 0 Å². The van der Waals surface area contributed by atoms with Gasteiger partial charge in [0.1, 0.15) is 6.10 Å². The van der Waals surface area contributed by atoms with Gasteiger partial charge in [-0.1, -0.05) is 0 Å². The highest BCUT2D eigenvalue weighted by molar-refractivity contribution is 8.07. The quantitative estimate of drug-likeness (QED) is 0.352. The van der Waals surface area contributed by atoms with Gasteiger partial charge in [-0.3, -0.25) is 4.52 Å². The summed E-state index contributed by atoms with van der Waals surface area (Å²) in [5.74, 6) is 0.503. The summed E-state index contributed by atoms with van der Waals surface area (Å²) in [6.45, 7) is -3.00. The van der Waals surface area contributed by atoms with Crippen molar-refractivity contribution in [1.29, 1.82) is 0 Å². The van der Waals surface area contributed by atoms with Crippen LogP contribution in [0, 0.1) is 0 Å². The van der Waals surface area contributed by atoms with Crippen LogP contribution in [0.5, 0.6) is 0 Å². The number of hydrogen-bond donors (Lipinski definition) is 3. The van der Waals surface area contributed by atoms with Crippen LogP contribution in [0.25, 0.3) is 0 Å². The second-order valence-corrected chi connectivity index (χ2v) is 9.69. The van der Waals surface area contributed by atoms with Gasteiger partial charge in [-0.25, -0.2) is 4.57 Å². The first-order valence-corrected chi connectivity index (χ1v) is 11.3. The maximum absolute atomic E-state index is 10.8. The van der Waals surface area contributed by atoms with Gasteiger partial charge in [0.05, 0.1) is 31.2 Å². The van der Waals surface area contributed by atoms with Crippen molar-refractivity contribution in [3.63, 3.8) is 0 Å². The first-order chi connectivity index (χ1) is 10.2. The predicted octanol–water partition coefficient (Wildman–Crippen LogP) is 0.491. The Morgan fingerprint density at radius 2 is 1.95 bits per heavy atom. The van der Waals surface area contributed by atoms with Crippen LogP contribution >= 0.6 is 26.3 Å². The standard InChI is InChI=1S/C9H20O9P2S2/c1-14-3-4-16-7-6-22-8(5-17-19(10,11)12)9(7)18-20(13,21)15-2/h7-9H,3-6H2,1-2H3,(H,13,21)(H2,10,11,12)/t7-,8+,9-,20?/m0/s1. The molecule has 0 aliphatic carbocycles. The van der Waals surface area contributed by atoms with Crippen molar-refractivity contribution in [1.82, 2.24) is 0 Å². The van der Waals surface area contributed by atoms with E-state index >= 15 is 0 Å². The maximum atomic E-state index is 10.8. The molecule has 1 heterocycles. The fraction of sp³-hybridized carbons (Fsp3) is 1.00. The molecule has 0 aromatic rings. The summed E-state index contributed by atoms with van der Waals surface area (Å²) in [6.07, 6.45) is -1.13. The fourth-order valence-electron chi connectivity index (χ4n) is 1.72. The molecule has 132 valence electrons. The van der Waals surface area contributed by atoms with Gasteiger partial charge in [0.25, 0.3) is 0 Å². The smallest absolute Gasteiger partial charge is 0.382 e. The molecule has 1 unspecified atom stereocenters. The summed E-state index contributed by atoms with van der Waals surface area (Å²) in [6, 6.07) is 0. The van der Waals surface area contributed by atoms with E-state index in [2.05, 4.69) is 4.52 Å². The van der Waals surface area contributed by atoms with E-state index in [9.17, 15) is 9.46 Å². The highest BCUT2D eigenvalue weighted by atomic mass is 32.5. The summed E-state index contributed by atoms with van der Waals surface area (Å²) in [5.41, 5.74) is 0. The lowest BCUT2D eigenvalue weighted by Crippen LogP contribution is -2.36. The van der Waals surface area contributed by atoms with E-state index in [-0.39, 0.29) is 6.61 Å². The molecule has 0 aromatic carbocycles. The molecule has 1 aliphatic heterocycles. The van der Waals surface area contributed by atoms with Crippen molar-refractivity contribution < 1.29 is 42.3 Å². The Hall–Kier alpha value is 0.910. The molecule has 3 N–H and O–H groups in total. The molecule has 1 saturated heterocycles. The lowest BCUT2D eigenvalue weighted by Gasteiger charge is -2.27. The summed E-state index contributed by atoms with van der Waals surface area (Å²) in [5, 5.41) is -0.454. The molecule has 4 atom stereocenters. The Kier molecular flexibility index (Phi) is 8.96. The molecule has 0 amide bonds. The zero-order valence-corrected chi connectivity index (χ0v) is 15.5. The minimum Gasteiger partial charge on any atom is -0.382 e. The zero-order chi connectivity index (χ0) is 16.8. The van der Waals surface area contributed by atoms with Crippen LogP contribution in [0.15, 0.2) is 0 Å². The summed E-state index contributed by atoms with van der Waals surface area (Å²) in [7, 11) is -1.82. The van der Waals surface area contributed by atoms with E-state index in [0.717, 1.165) is 0 Å². The van der Waals surface area contributed by atoms with Gasteiger partial charge < -0.3 is 33.2 Å². The molecule has 1 aliphatic rings. The number of ether oxygens (including phenoxy) is 2. The molecular weight excluding hydrogens is 378 g/mol. The third-order valence-corrected chi connectivity index (χ3v) is 6.24. The van der Waals surface area contributed by atoms with Crippen molar-refractivity contribution in [3.8, 4) is 0 Å².